The summed E-state index contributed by atoms with van der Waals surface area (Å²) in [5.74, 6) is -1.84. The fourth-order valence-corrected chi connectivity index (χ4v) is 3.92. The van der Waals surface area contributed by atoms with E-state index >= 15 is 0 Å². The SMILES string of the molecule is Cc1cc(C)c(NC(=O)[C@H]2CC(C)C[C@H]2C(=O)O)c(Br)c1. The number of carbonyl (C=O) groups excluding carboxylic acids is 1. The quantitative estimate of drug-likeness (QED) is 0.869. The first-order valence-electron chi connectivity index (χ1n) is 7.10. The van der Waals surface area contributed by atoms with Crippen LogP contribution >= 0.6 is 15.9 Å². The molecule has 0 bridgehead atoms. The van der Waals surface area contributed by atoms with E-state index in [0.717, 1.165) is 21.3 Å². The van der Waals surface area contributed by atoms with Gasteiger partial charge < -0.3 is 10.4 Å². The van der Waals surface area contributed by atoms with Gasteiger partial charge in [0.1, 0.15) is 0 Å². The van der Waals surface area contributed by atoms with Gasteiger partial charge in [-0.2, -0.15) is 0 Å². The molecule has 2 N–H and O–H groups in total. The van der Waals surface area contributed by atoms with Gasteiger partial charge in [-0.1, -0.05) is 13.0 Å². The highest BCUT2D eigenvalue weighted by atomic mass is 79.9. The molecule has 0 saturated heterocycles. The number of carboxylic acid groups (broad SMARTS) is 1. The van der Waals surface area contributed by atoms with Gasteiger partial charge >= 0.3 is 5.97 Å². The zero-order chi connectivity index (χ0) is 15.7. The minimum Gasteiger partial charge on any atom is -0.481 e. The van der Waals surface area contributed by atoms with E-state index in [1.165, 1.54) is 0 Å². The van der Waals surface area contributed by atoms with Gasteiger partial charge in [0.25, 0.3) is 0 Å². The third-order valence-electron chi connectivity index (χ3n) is 4.13. The Morgan fingerprint density at radius 1 is 1.24 bits per heavy atom. The van der Waals surface area contributed by atoms with Crippen LogP contribution in [0.5, 0.6) is 0 Å². The van der Waals surface area contributed by atoms with Gasteiger partial charge in [-0.25, -0.2) is 0 Å². The van der Waals surface area contributed by atoms with Gasteiger partial charge in [0.15, 0.2) is 0 Å². The van der Waals surface area contributed by atoms with Crippen molar-refractivity contribution in [3.8, 4) is 0 Å². The molecular formula is C16H20BrNO3. The summed E-state index contributed by atoms with van der Waals surface area (Å²) in [6.07, 6.45) is 1.20. The maximum absolute atomic E-state index is 12.5. The summed E-state index contributed by atoms with van der Waals surface area (Å²) in [4.78, 5) is 23.8. The van der Waals surface area contributed by atoms with Crippen molar-refractivity contribution in [2.75, 3.05) is 5.32 Å². The van der Waals surface area contributed by atoms with Crippen LogP contribution in [-0.2, 0) is 9.59 Å². The van der Waals surface area contributed by atoms with Gasteiger partial charge in [0.05, 0.1) is 17.5 Å². The molecule has 3 atom stereocenters. The fraction of sp³-hybridized carbons (Fsp3) is 0.500. The molecule has 0 heterocycles. The molecule has 5 heteroatoms. The number of rotatable bonds is 3. The van der Waals surface area contributed by atoms with Crippen molar-refractivity contribution in [2.24, 2.45) is 17.8 Å². The maximum atomic E-state index is 12.5. The predicted molar refractivity (Wildman–Crippen MR) is 85.3 cm³/mol. The van der Waals surface area contributed by atoms with E-state index in [-0.39, 0.29) is 11.8 Å². The number of benzene rings is 1. The molecule has 1 fully saturated rings. The van der Waals surface area contributed by atoms with E-state index in [2.05, 4.69) is 21.2 Å². The van der Waals surface area contributed by atoms with Crippen molar-refractivity contribution >= 4 is 33.5 Å². The van der Waals surface area contributed by atoms with E-state index < -0.39 is 17.8 Å². The van der Waals surface area contributed by atoms with Crippen LogP contribution in [0.1, 0.15) is 30.9 Å². The molecule has 1 aromatic rings. The lowest BCUT2D eigenvalue weighted by atomic mass is 9.95. The van der Waals surface area contributed by atoms with Crippen molar-refractivity contribution in [3.63, 3.8) is 0 Å². The summed E-state index contributed by atoms with van der Waals surface area (Å²) in [7, 11) is 0. The van der Waals surface area contributed by atoms with Crippen molar-refractivity contribution in [1.29, 1.82) is 0 Å². The topological polar surface area (TPSA) is 66.4 Å². The standard InChI is InChI=1S/C16H20BrNO3/c1-8-4-10(3)14(13(17)7-8)18-15(19)11-5-9(2)6-12(11)16(20)21/h4,7,9,11-12H,5-6H2,1-3H3,(H,18,19)(H,20,21)/t9?,11-,12+/m0/s1. The first-order valence-corrected chi connectivity index (χ1v) is 7.89. The number of nitrogens with one attached hydrogen (secondary N) is 1. The number of carbonyl (C=O) groups is 2. The highest BCUT2D eigenvalue weighted by molar-refractivity contribution is 9.10. The Bertz CT molecular complexity index is 562. The number of hydrogen-bond donors (Lipinski definition) is 2. The molecule has 114 valence electrons. The molecule has 0 aromatic heterocycles. The third kappa shape index (κ3) is 3.46. The molecule has 2 rings (SSSR count). The number of amides is 1. The smallest absolute Gasteiger partial charge is 0.307 e. The van der Waals surface area contributed by atoms with Crippen LogP contribution in [0, 0.1) is 31.6 Å². The van der Waals surface area contributed by atoms with Gasteiger partial charge in [0.2, 0.25) is 5.91 Å². The molecule has 4 nitrogen and oxygen atoms in total. The second-order valence-corrected chi connectivity index (χ2v) is 6.91. The average Bonchev–Trinajstić information content (AvgIpc) is 2.76. The first kappa shape index (κ1) is 16.0. The van der Waals surface area contributed by atoms with Crippen molar-refractivity contribution < 1.29 is 14.7 Å². The van der Waals surface area contributed by atoms with Crippen LogP contribution in [-0.4, -0.2) is 17.0 Å². The maximum Gasteiger partial charge on any atom is 0.307 e. The highest BCUT2D eigenvalue weighted by Gasteiger charge is 2.41. The molecule has 1 aromatic carbocycles. The van der Waals surface area contributed by atoms with E-state index in [1.54, 1.807) is 0 Å². The van der Waals surface area contributed by atoms with Gasteiger partial charge in [-0.3, -0.25) is 9.59 Å². The summed E-state index contributed by atoms with van der Waals surface area (Å²) in [5.41, 5.74) is 2.80. The molecule has 1 amide bonds. The Balaban J connectivity index is 2.20. The summed E-state index contributed by atoms with van der Waals surface area (Å²) >= 11 is 3.46. The molecule has 21 heavy (non-hydrogen) atoms. The fourth-order valence-electron chi connectivity index (χ4n) is 3.14. The lowest BCUT2D eigenvalue weighted by Crippen LogP contribution is -2.30. The van der Waals surface area contributed by atoms with Gasteiger partial charge in [-0.05, 0) is 65.7 Å². The molecule has 1 unspecified atom stereocenters. The zero-order valence-electron chi connectivity index (χ0n) is 12.4. The number of halogens is 1. The van der Waals surface area contributed by atoms with Crippen LogP contribution in [0.15, 0.2) is 16.6 Å². The Morgan fingerprint density at radius 2 is 1.86 bits per heavy atom. The molecule has 0 aliphatic heterocycles. The number of carboxylic acids is 1. The van der Waals surface area contributed by atoms with Crippen molar-refractivity contribution in [2.45, 2.75) is 33.6 Å². The Kier molecular flexibility index (Phi) is 4.71. The lowest BCUT2D eigenvalue weighted by molar-refractivity contribution is -0.145. The Hall–Kier alpha value is -1.36. The molecule has 0 spiro atoms. The summed E-state index contributed by atoms with van der Waals surface area (Å²) in [5, 5.41) is 12.2. The van der Waals surface area contributed by atoms with Crippen LogP contribution in [0.2, 0.25) is 0 Å². The normalized spacial score (nSPS) is 24.9. The molecule has 1 aliphatic carbocycles. The zero-order valence-corrected chi connectivity index (χ0v) is 14.0. The minimum atomic E-state index is -0.876. The summed E-state index contributed by atoms with van der Waals surface area (Å²) in [6.45, 7) is 5.91. The van der Waals surface area contributed by atoms with Crippen LogP contribution in [0.25, 0.3) is 0 Å². The van der Waals surface area contributed by atoms with E-state index in [9.17, 15) is 14.7 Å². The molecule has 1 aliphatic rings. The van der Waals surface area contributed by atoms with Crippen LogP contribution in [0.3, 0.4) is 0 Å². The number of hydrogen-bond acceptors (Lipinski definition) is 2. The molecular weight excluding hydrogens is 334 g/mol. The third-order valence-corrected chi connectivity index (χ3v) is 4.76. The number of anilines is 1. The first-order chi connectivity index (χ1) is 9.79. The Morgan fingerprint density at radius 3 is 2.43 bits per heavy atom. The second kappa shape index (κ2) is 6.18. The minimum absolute atomic E-state index is 0.195. The van der Waals surface area contributed by atoms with E-state index in [1.807, 2.05) is 32.9 Å². The summed E-state index contributed by atoms with van der Waals surface area (Å²) in [6, 6.07) is 3.93. The van der Waals surface area contributed by atoms with Crippen molar-refractivity contribution in [3.05, 3.63) is 27.7 Å². The average molecular weight is 354 g/mol. The van der Waals surface area contributed by atoms with Crippen LogP contribution in [0.4, 0.5) is 5.69 Å². The highest BCUT2D eigenvalue weighted by Crippen LogP contribution is 2.38. The second-order valence-electron chi connectivity index (χ2n) is 6.06. The van der Waals surface area contributed by atoms with Gasteiger partial charge in [-0.15, -0.1) is 0 Å². The summed E-state index contributed by atoms with van der Waals surface area (Å²) < 4.78 is 0.825. The molecule has 1 saturated carbocycles. The predicted octanol–water partition coefficient (Wildman–Crippen LogP) is 3.75. The Labute approximate surface area is 133 Å². The van der Waals surface area contributed by atoms with E-state index in [4.69, 9.17) is 0 Å². The van der Waals surface area contributed by atoms with Crippen molar-refractivity contribution in [1.82, 2.24) is 0 Å². The van der Waals surface area contributed by atoms with E-state index in [0.29, 0.717) is 12.8 Å². The van der Waals surface area contributed by atoms with Crippen LogP contribution < -0.4 is 5.32 Å². The number of aryl methyl sites for hydroxylation is 2. The number of aliphatic carboxylic acids is 1. The lowest BCUT2D eigenvalue weighted by Gasteiger charge is -2.18. The monoisotopic (exact) mass is 353 g/mol. The molecule has 0 radical (unpaired) electrons. The van der Waals surface area contributed by atoms with Gasteiger partial charge in [0, 0.05) is 4.47 Å². The largest absolute Gasteiger partial charge is 0.481 e.